The molecule has 210 valence electrons. The number of aryl methyl sites for hydroxylation is 1. The van der Waals surface area contributed by atoms with Crippen molar-refractivity contribution in [3.8, 4) is 11.1 Å². The van der Waals surface area contributed by atoms with Gasteiger partial charge in [0, 0.05) is 36.3 Å². The summed E-state index contributed by atoms with van der Waals surface area (Å²) in [5.41, 5.74) is 3.69. The van der Waals surface area contributed by atoms with Crippen LogP contribution >= 0.6 is 0 Å². The number of rotatable bonds is 11. The van der Waals surface area contributed by atoms with Gasteiger partial charge in [0.25, 0.3) is 11.8 Å². The van der Waals surface area contributed by atoms with Crippen LogP contribution in [0.4, 0.5) is 8.78 Å². The summed E-state index contributed by atoms with van der Waals surface area (Å²) in [6.45, 7) is 2.10. The van der Waals surface area contributed by atoms with Crippen molar-refractivity contribution in [3.63, 3.8) is 0 Å². The Morgan fingerprint density at radius 1 is 0.805 bits per heavy atom. The van der Waals surface area contributed by atoms with Crippen molar-refractivity contribution >= 4 is 17.8 Å². The first kappa shape index (κ1) is 29.1. The summed E-state index contributed by atoms with van der Waals surface area (Å²) >= 11 is 0. The molecule has 0 atom stereocenters. The molecule has 0 aliphatic rings. The van der Waals surface area contributed by atoms with Crippen LogP contribution < -0.4 is 5.32 Å². The molecule has 4 rings (SSSR count). The van der Waals surface area contributed by atoms with E-state index in [9.17, 15) is 28.3 Å². The zero-order valence-electron chi connectivity index (χ0n) is 22.6. The van der Waals surface area contributed by atoms with Gasteiger partial charge in [0.1, 0.15) is 11.6 Å². The van der Waals surface area contributed by atoms with Gasteiger partial charge in [0.15, 0.2) is 0 Å². The van der Waals surface area contributed by atoms with E-state index in [1.54, 1.807) is 48.5 Å². The molecule has 0 aliphatic heterocycles. The van der Waals surface area contributed by atoms with E-state index in [0.29, 0.717) is 29.7 Å². The fraction of sp³-hybridized carbons (Fsp3) is 0.182. The van der Waals surface area contributed by atoms with Crippen molar-refractivity contribution in [1.29, 1.82) is 0 Å². The highest BCUT2D eigenvalue weighted by Gasteiger charge is 2.22. The third-order valence-corrected chi connectivity index (χ3v) is 6.74. The van der Waals surface area contributed by atoms with Crippen LogP contribution in [0.1, 0.15) is 43.8 Å². The van der Waals surface area contributed by atoms with Gasteiger partial charge in [-0.15, -0.1) is 0 Å². The Labute approximate surface area is 237 Å². The Morgan fingerprint density at radius 2 is 1.44 bits per heavy atom. The summed E-state index contributed by atoms with van der Waals surface area (Å²) in [6.07, 6.45) is 0.334. The number of hydrogen-bond acceptors (Lipinski definition) is 3. The average molecular weight is 557 g/mol. The van der Waals surface area contributed by atoms with Crippen molar-refractivity contribution in [3.05, 3.63) is 130 Å². The van der Waals surface area contributed by atoms with Gasteiger partial charge in [-0.2, -0.15) is 0 Å². The van der Waals surface area contributed by atoms with E-state index in [1.165, 1.54) is 4.90 Å². The fourth-order valence-corrected chi connectivity index (χ4v) is 4.50. The Hall–Kier alpha value is -4.85. The molecule has 0 bridgehead atoms. The molecule has 41 heavy (non-hydrogen) atoms. The van der Waals surface area contributed by atoms with Gasteiger partial charge in [-0.25, -0.2) is 8.78 Å². The zero-order chi connectivity index (χ0) is 29.4. The molecular formula is C33H30F2N2O4. The number of amides is 2. The third-order valence-electron chi connectivity index (χ3n) is 6.74. The number of benzene rings is 4. The number of aliphatic carboxylic acids is 1. The summed E-state index contributed by atoms with van der Waals surface area (Å²) in [6, 6.07) is 24.5. The van der Waals surface area contributed by atoms with Crippen LogP contribution in [0.3, 0.4) is 0 Å². The molecule has 0 heterocycles. The minimum atomic E-state index is -1.01. The van der Waals surface area contributed by atoms with E-state index in [4.69, 9.17) is 0 Å². The largest absolute Gasteiger partial charge is 0.481 e. The van der Waals surface area contributed by atoms with Gasteiger partial charge in [-0.1, -0.05) is 66.2 Å². The number of nitrogens with one attached hydrogen (secondary N) is 1. The van der Waals surface area contributed by atoms with Crippen LogP contribution in [0.5, 0.6) is 0 Å². The summed E-state index contributed by atoms with van der Waals surface area (Å²) in [7, 11) is 0. The van der Waals surface area contributed by atoms with Gasteiger partial charge in [-0.05, 0) is 60.4 Å². The molecular weight excluding hydrogens is 526 g/mol. The van der Waals surface area contributed by atoms with Gasteiger partial charge in [0.2, 0.25) is 0 Å². The summed E-state index contributed by atoms with van der Waals surface area (Å²) in [5.74, 6) is -3.14. The second kappa shape index (κ2) is 13.5. The van der Waals surface area contributed by atoms with Crippen molar-refractivity contribution < 1.29 is 28.3 Å². The van der Waals surface area contributed by atoms with Crippen LogP contribution in [0.15, 0.2) is 91.0 Å². The van der Waals surface area contributed by atoms with Crippen LogP contribution in [0.25, 0.3) is 11.1 Å². The van der Waals surface area contributed by atoms with Crippen LogP contribution in [-0.4, -0.2) is 40.9 Å². The maximum atomic E-state index is 14.1. The molecule has 8 heteroatoms. The zero-order valence-corrected chi connectivity index (χ0v) is 22.6. The Kier molecular flexibility index (Phi) is 9.58. The highest BCUT2D eigenvalue weighted by atomic mass is 19.1. The fourth-order valence-electron chi connectivity index (χ4n) is 4.50. The van der Waals surface area contributed by atoms with Gasteiger partial charge in [-0.3, -0.25) is 14.4 Å². The Bertz CT molecular complexity index is 1550. The number of nitrogens with zero attached hydrogens (tertiary/aromatic N) is 1. The highest BCUT2D eigenvalue weighted by Crippen LogP contribution is 2.28. The first-order chi connectivity index (χ1) is 19.7. The number of hydrogen-bond donors (Lipinski definition) is 2. The number of carboxylic acids is 1. The third kappa shape index (κ3) is 7.63. The number of halogens is 2. The summed E-state index contributed by atoms with van der Waals surface area (Å²) in [4.78, 5) is 39.9. The van der Waals surface area contributed by atoms with Crippen molar-refractivity contribution in [2.45, 2.75) is 26.3 Å². The molecule has 6 nitrogen and oxygen atoms in total. The molecule has 0 saturated carbocycles. The van der Waals surface area contributed by atoms with Crippen molar-refractivity contribution in [2.24, 2.45) is 0 Å². The van der Waals surface area contributed by atoms with Crippen molar-refractivity contribution in [2.75, 3.05) is 13.1 Å². The SMILES string of the molecule is Cc1ccc(CCN(CCC(=O)O)C(=O)c2ccccc2-c2ccccc2C(=O)NCc2cc(F)ccc2F)cc1. The van der Waals surface area contributed by atoms with Gasteiger partial charge >= 0.3 is 5.97 Å². The molecule has 0 spiro atoms. The lowest BCUT2D eigenvalue weighted by molar-refractivity contribution is -0.137. The predicted molar refractivity (Wildman–Crippen MR) is 152 cm³/mol. The second-order valence-corrected chi connectivity index (χ2v) is 9.68. The Balaban J connectivity index is 1.61. The predicted octanol–water partition coefficient (Wildman–Crippen LogP) is 6.03. The van der Waals surface area contributed by atoms with E-state index in [0.717, 1.165) is 29.3 Å². The molecule has 0 aromatic heterocycles. The summed E-state index contributed by atoms with van der Waals surface area (Å²) in [5, 5.41) is 11.9. The van der Waals surface area contributed by atoms with Crippen molar-refractivity contribution in [1.82, 2.24) is 10.2 Å². The second-order valence-electron chi connectivity index (χ2n) is 9.68. The molecule has 0 radical (unpaired) electrons. The molecule has 0 aliphatic carbocycles. The van der Waals surface area contributed by atoms with Crippen LogP contribution in [0, 0.1) is 18.6 Å². The van der Waals surface area contributed by atoms with Crippen LogP contribution in [0.2, 0.25) is 0 Å². The number of carboxylic acid groups (broad SMARTS) is 1. The maximum Gasteiger partial charge on any atom is 0.305 e. The highest BCUT2D eigenvalue weighted by molar-refractivity contribution is 6.06. The lowest BCUT2D eigenvalue weighted by Gasteiger charge is -2.24. The first-order valence-electron chi connectivity index (χ1n) is 13.2. The molecule has 2 N–H and O–H groups in total. The lowest BCUT2D eigenvalue weighted by atomic mass is 9.94. The van der Waals surface area contributed by atoms with Gasteiger partial charge in [0.05, 0.1) is 6.42 Å². The quantitative estimate of drug-likeness (QED) is 0.236. The first-order valence-corrected chi connectivity index (χ1v) is 13.2. The van der Waals surface area contributed by atoms with E-state index < -0.39 is 23.5 Å². The number of carbonyl (C=O) groups is 3. The van der Waals surface area contributed by atoms with E-state index in [1.807, 2.05) is 31.2 Å². The molecule has 4 aromatic carbocycles. The van der Waals surface area contributed by atoms with E-state index in [2.05, 4.69) is 5.32 Å². The molecule has 0 fully saturated rings. The molecule has 4 aromatic rings. The standard InChI is InChI=1S/C33H30F2N2O4/c1-22-10-12-23(13-11-22)16-18-37(19-17-31(38)39)33(41)29-9-5-3-7-27(29)26-6-2-4-8-28(26)32(40)36-21-24-20-25(34)14-15-30(24)35/h2-15,20H,16-19,21H2,1H3,(H,36,40)(H,38,39). The van der Waals surface area contributed by atoms with Gasteiger partial charge < -0.3 is 15.3 Å². The summed E-state index contributed by atoms with van der Waals surface area (Å²) < 4.78 is 27.7. The minimum Gasteiger partial charge on any atom is -0.481 e. The smallest absolute Gasteiger partial charge is 0.305 e. The van der Waals surface area contributed by atoms with E-state index >= 15 is 0 Å². The minimum absolute atomic E-state index is 0.00839. The Morgan fingerprint density at radius 3 is 2.12 bits per heavy atom. The topological polar surface area (TPSA) is 86.7 Å². The lowest BCUT2D eigenvalue weighted by Crippen LogP contribution is -2.35. The monoisotopic (exact) mass is 556 g/mol. The molecule has 2 amide bonds. The number of carbonyl (C=O) groups excluding carboxylic acids is 2. The van der Waals surface area contributed by atoms with Crippen LogP contribution in [-0.2, 0) is 17.8 Å². The molecule has 0 saturated heterocycles. The normalized spacial score (nSPS) is 10.7. The van der Waals surface area contributed by atoms with E-state index in [-0.39, 0.29) is 36.5 Å². The molecule has 0 unspecified atom stereocenters. The maximum absolute atomic E-state index is 14.1. The average Bonchev–Trinajstić information content (AvgIpc) is 2.98.